The fraction of sp³-hybridized carbons (Fsp3) is 0.0455. The Bertz CT molecular complexity index is 1030. The fourth-order valence-corrected chi connectivity index (χ4v) is 2.62. The highest BCUT2D eigenvalue weighted by Crippen LogP contribution is 2.19. The van der Waals surface area contributed by atoms with Crippen molar-refractivity contribution in [3.05, 3.63) is 101 Å². The molecule has 0 saturated heterocycles. The molecule has 7 heteroatoms. The van der Waals surface area contributed by atoms with E-state index in [9.17, 15) is 19.5 Å². The average molecular weight is 389 g/mol. The molecule has 3 aromatic rings. The van der Waals surface area contributed by atoms with Gasteiger partial charge in [0.2, 0.25) is 0 Å². The molecule has 0 fully saturated rings. The van der Waals surface area contributed by atoms with Crippen molar-refractivity contribution in [1.82, 2.24) is 10.9 Å². The Morgan fingerprint density at radius 1 is 0.690 bits per heavy atom. The topological polar surface area (TPSA) is 108 Å². The standard InChI is InChI=1S/C22H18N2O5/c25-20(16-10-4-5-11-17(16)22(27)28)23-24-21(26)18-12-6-7-13-19(18)29-14-15-8-2-1-3-9-15/h1-13H,14H2,(H,23,25)(H,24,26)(H,27,28)/p-1. The van der Waals surface area contributed by atoms with E-state index >= 15 is 0 Å². The summed E-state index contributed by atoms with van der Waals surface area (Å²) in [4.78, 5) is 35.9. The molecule has 7 nitrogen and oxygen atoms in total. The third-order valence-electron chi connectivity index (χ3n) is 4.05. The summed E-state index contributed by atoms with van der Waals surface area (Å²) in [6.07, 6.45) is 0. The van der Waals surface area contributed by atoms with Crippen LogP contribution < -0.4 is 20.7 Å². The minimum atomic E-state index is -1.48. The van der Waals surface area contributed by atoms with Gasteiger partial charge in [-0.3, -0.25) is 20.4 Å². The van der Waals surface area contributed by atoms with Gasteiger partial charge in [0.25, 0.3) is 11.8 Å². The van der Waals surface area contributed by atoms with Crippen LogP contribution >= 0.6 is 0 Å². The number of ether oxygens (including phenoxy) is 1. The summed E-state index contributed by atoms with van der Waals surface area (Å²) in [5.41, 5.74) is 5.24. The third kappa shape index (κ3) is 4.98. The Labute approximate surface area is 166 Å². The monoisotopic (exact) mass is 389 g/mol. The molecule has 29 heavy (non-hydrogen) atoms. The van der Waals surface area contributed by atoms with Crippen molar-refractivity contribution in [2.75, 3.05) is 0 Å². The number of amides is 2. The van der Waals surface area contributed by atoms with Crippen LogP contribution in [-0.2, 0) is 6.61 Å². The molecule has 2 N–H and O–H groups in total. The van der Waals surface area contributed by atoms with E-state index < -0.39 is 17.8 Å². The van der Waals surface area contributed by atoms with E-state index in [0.717, 1.165) is 5.56 Å². The van der Waals surface area contributed by atoms with Gasteiger partial charge in [-0.15, -0.1) is 0 Å². The zero-order chi connectivity index (χ0) is 20.6. The predicted octanol–water partition coefficient (Wildman–Crippen LogP) is 1.70. The van der Waals surface area contributed by atoms with Gasteiger partial charge in [-0.25, -0.2) is 0 Å². The van der Waals surface area contributed by atoms with Crippen LogP contribution in [0.3, 0.4) is 0 Å². The summed E-state index contributed by atoms with van der Waals surface area (Å²) in [5.74, 6) is -2.52. The van der Waals surface area contributed by atoms with Gasteiger partial charge in [-0.2, -0.15) is 0 Å². The lowest BCUT2D eigenvalue weighted by Gasteiger charge is -2.13. The van der Waals surface area contributed by atoms with E-state index in [1.54, 1.807) is 24.3 Å². The second-order valence-corrected chi connectivity index (χ2v) is 6.01. The van der Waals surface area contributed by atoms with E-state index in [2.05, 4.69) is 10.9 Å². The number of carbonyl (C=O) groups is 3. The lowest BCUT2D eigenvalue weighted by molar-refractivity contribution is -0.255. The van der Waals surface area contributed by atoms with E-state index in [4.69, 9.17) is 4.74 Å². The lowest BCUT2D eigenvalue weighted by atomic mass is 10.1. The van der Waals surface area contributed by atoms with E-state index in [0.29, 0.717) is 5.75 Å². The maximum atomic E-state index is 12.5. The Balaban J connectivity index is 1.67. The Hall–Kier alpha value is -4.13. The molecule has 0 aliphatic carbocycles. The van der Waals surface area contributed by atoms with Crippen molar-refractivity contribution < 1.29 is 24.2 Å². The third-order valence-corrected chi connectivity index (χ3v) is 4.05. The number of rotatable bonds is 6. The maximum Gasteiger partial charge on any atom is 0.273 e. The van der Waals surface area contributed by atoms with Gasteiger partial charge in [-0.05, 0) is 23.8 Å². The highest BCUT2D eigenvalue weighted by Gasteiger charge is 2.15. The van der Waals surface area contributed by atoms with Crippen LogP contribution in [-0.4, -0.2) is 17.8 Å². The van der Waals surface area contributed by atoms with Crippen LogP contribution in [0.25, 0.3) is 0 Å². The first-order valence-corrected chi connectivity index (χ1v) is 8.73. The normalized spacial score (nSPS) is 10.1. The number of benzene rings is 3. The lowest BCUT2D eigenvalue weighted by Crippen LogP contribution is -2.42. The van der Waals surface area contributed by atoms with Gasteiger partial charge in [0.15, 0.2) is 0 Å². The zero-order valence-corrected chi connectivity index (χ0v) is 15.3. The van der Waals surface area contributed by atoms with Crippen molar-refractivity contribution in [1.29, 1.82) is 0 Å². The SMILES string of the molecule is O=C(NNC(=O)c1ccccc1C(=O)[O-])c1ccccc1OCc1ccccc1. The van der Waals surface area contributed by atoms with Crippen LogP contribution in [0.1, 0.15) is 36.6 Å². The average Bonchev–Trinajstić information content (AvgIpc) is 2.76. The van der Waals surface area contributed by atoms with Gasteiger partial charge in [0.05, 0.1) is 17.1 Å². The van der Waals surface area contributed by atoms with Crippen molar-refractivity contribution in [3.8, 4) is 5.75 Å². The summed E-state index contributed by atoms with van der Waals surface area (Å²) in [5, 5.41) is 11.1. The van der Waals surface area contributed by atoms with E-state index in [1.807, 2.05) is 30.3 Å². The largest absolute Gasteiger partial charge is 0.545 e. The molecule has 0 atom stereocenters. The quantitative estimate of drug-likeness (QED) is 0.624. The molecule has 0 bridgehead atoms. The smallest absolute Gasteiger partial charge is 0.273 e. The zero-order valence-electron chi connectivity index (χ0n) is 15.3. The van der Waals surface area contributed by atoms with E-state index in [1.165, 1.54) is 24.3 Å². The van der Waals surface area contributed by atoms with Crippen molar-refractivity contribution >= 4 is 17.8 Å². The molecular formula is C22H17N2O5-. The summed E-state index contributed by atoms with van der Waals surface area (Å²) in [6, 6.07) is 21.6. The molecule has 0 radical (unpaired) electrons. The molecule has 0 aliphatic heterocycles. The number of aromatic carboxylic acids is 1. The second-order valence-electron chi connectivity index (χ2n) is 6.01. The molecule has 0 saturated carbocycles. The van der Waals surface area contributed by atoms with Crippen LogP contribution in [0.2, 0.25) is 0 Å². The highest BCUT2D eigenvalue weighted by atomic mass is 16.5. The van der Waals surface area contributed by atoms with Gasteiger partial charge >= 0.3 is 0 Å². The van der Waals surface area contributed by atoms with Crippen LogP contribution in [0, 0.1) is 0 Å². The summed E-state index contributed by atoms with van der Waals surface area (Å²) in [6.45, 7) is 0.274. The van der Waals surface area contributed by atoms with Gasteiger partial charge in [0, 0.05) is 5.56 Å². The first-order chi connectivity index (χ1) is 14.1. The van der Waals surface area contributed by atoms with Gasteiger partial charge in [0.1, 0.15) is 12.4 Å². The number of hydrogen-bond acceptors (Lipinski definition) is 5. The van der Waals surface area contributed by atoms with Gasteiger partial charge in [-0.1, -0.05) is 60.7 Å². The Kier molecular flexibility index (Phi) is 6.22. The molecule has 0 unspecified atom stereocenters. The molecule has 2 amide bonds. The van der Waals surface area contributed by atoms with E-state index in [-0.39, 0.29) is 23.3 Å². The Morgan fingerprint density at radius 3 is 1.86 bits per heavy atom. The number of hydrazine groups is 1. The Morgan fingerprint density at radius 2 is 1.21 bits per heavy atom. The first-order valence-electron chi connectivity index (χ1n) is 8.73. The van der Waals surface area contributed by atoms with Crippen LogP contribution in [0.4, 0.5) is 0 Å². The van der Waals surface area contributed by atoms with Gasteiger partial charge < -0.3 is 14.6 Å². The predicted molar refractivity (Wildman–Crippen MR) is 103 cm³/mol. The minimum absolute atomic E-state index is 0.124. The van der Waals surface area contributed by atoms with Crippen LogP contribution in [0.15, 0.2) is 78.9 Å². The maximum absolute atomic E-state index is 12.5. The molecule has 0 spiro atoms. The number of hydrogen-bond donors (Lipinski definition) is 2. The molecule has 0 heterocycles. The molecule has 0 aromatic heterocycles. The molecule has 0 aliphatic rings. The summed E-state index contributed by atoms with van der Waals surface area (Å²) in [7, 11) is 0. The van der Waals surface area contributed by atoms with Crippen LogP contribution in [0.5, 0.6) is 5.75 Å². The number of nitrogens with one attached hydrogen (secondary N) is 2. The molecular weight excluding hydrogens is 372 g/mol. The number of carbonyl (C=O) groups excluding carboxylic acids is 3. The minimum Gasteiger partial charge on any atom is -0.545 e. The number of carboxylic acids is 1. The summed E-state index contributed by atoms with van der Waals surface area (Å²) < 4.78 is 5.73. The number of carboxylic acid groups (broad SMARTS) is 1. The van der Waals surface area contributed by atoms with Crippen molar-refractivity contribution in [2.24, 2.45) is 0 Å². The molecule has 3 aromatic carbocycles. The number of para-hydroxylation sites is 1. The van der Waals surface area contributed by atoms with Crippen molar-refractivity contribution in [2.45, 2.75) is 6.61 Å². The summed E-state index contributed by atoms with van der Waals surface area (Å²) >= 11 is 0. The molecule has 146 valence electrons. The fourth-order valence-electron chi connectivity index (χ4n) is 2.62. The second kappa shape index (κ2) is 9.18. The highest BCUT2D eigenvalue weighted by molar-refractivity contribution is 6.05. The first kappa shape index (κ1) is 19.6. The molecule has 3 rings (SSSR count). The van der Waals surface area contributed by atoms with Crippen molar-refractivity contribution in [3.63, 3.8) is 0 Å².